The standard InChI is InChI=1S/C7H13N3/c1-3-6-7(8)10(4-2)5-9-6/h5H,3-4,8H2,1-2H3. The van der Waals surface area contributed by atoms with Crippen LogP contribution in [-0.4, -0.2) is 9.55 Å². The SMILES string of the molecule is CCc1ncn(CC)c1N. The Morgan fingerprint density at radius 3 is 2.60 bits per heavy atom. The average Bonchev–Trinajstić information content (AvgIpc) is 2.30. The third-order valence-electron chi connectivity index (χ3n) is 1.63. The van der Waals surface area contributed by atoms with Crippen molar-refractivity contribution in [2.45, 2.75) is 26.8 Å². The normalized spacial score (nSPS) is 10.2. The lowest BCUT2D eigenvalue weighted by Crippen LogP contribution is -2.00. The number of nitrogens with zero attached hydrogens (tertiary/aromatic N) is 2. The van der Waals surface area contributed by atoms with Gasteiger partial charge < -0.3 is 10.3 Å². The Labute approximate surface area is 60.9 Å². The van der Waals surface area contributed by atoms with E-state index in [9.17, 15) is 0 Å². The molecule has 1 heterocycles. The van der Waals surface area contributed by atoms with Gasteiger partial charge in [-0.05, 0) is 13.3 Å². The highest BCUT2D eigenvalue weighted by atomic mass is 15.1. The van der Waals surface area contributed by atoms with Crippen LogP contribution in [0.2, 0.25) is 0 Å². The van der Waals surface area contributed by atoms with Crippen molar-refractivity contribution >= 4 is 5.82 Å². The topological polar surface area (TPSA) is 43.8 Å². The molecule has 3 nitrogen and oxygen atoms in total. The lowest BCUT2D eigenvalue weighted by atomic mass is 10.3. The van der Waals surface area contributed by atoms with E-state index >= 15 is 0 Å². The van der Waals surface area contributed by atoms with Crippen LogP contribution in [0.25, 0.3) is 0 Å². The Balaban J connectivity index is 2.97. The van der Waals surface area contributed by atoms with E-state index in [4.69, 9.17) is 5.73 Å². The molecule has 0 saturated carbocycles. The van der Waals surface area contributed by atoms with Crippen LogP contribution in [0.4, 0.5) is 5.82 Å². The zero-order valence-electron chi connectivity index (χ0n) is 6.46. The van der Waals surface area contributed by atoms with Gasteiger partial charge in [-0.15, -0.1) is 0 Å². The number of hydrogen-bond acceptors (Lipinski definition) is 2. The number of hydrogen-bond donors (Lipinski definition) is 1. The lowest BCUT2D eigenvalue weighted by molar-refractivity contribution is 0.771. The number of nitrogen functional groups attached to an aromatic ring is 1. The molecular formula is C7H13N3. The van der Waals surface area contributed by atoms with Gasteiger partial charge in [0.25, 0.3) is 0 Å². The van der Waals surface area contributed by atoms with Gasteiger partial charge in [0, 0.05) is 6.54 Å². The molecule has 2 N–H and O–H groups in total. The Morgan fingerprint density at radius 1 is 1.60 bits per heavy atom. The highest BCUT2D eigenvalue weighted by Gasteiger charge is 2.01. The van der Waals surface area contributed by atoms with E-state index in [-0.39, 0.29) is 0 Å². The van der Waals surface area contributed by atoms with Gasteiger partial charge in [0.05, 0.1) is 12.0 Å². The van der Waals surface area contributed by atoms with Gasteiger partial charge >= 0.3 is 0 Å². The van der Waals surface area contributed by atoms with E-state index in [0.29, 0.717) is 0 Å². The average molecular weight is 139 g/mol. The van der Waals surface area contributed by atoms with E-state index < -0.39 is 0 Å². The smallest absolute Gasteiger partial charge is 0.126 e. The molecule has 0 spiro atoms. The molecule has 0 aliphatic rings. The number of nitrogens with two attached hydrogens (primary N) is 1. The summed E-state index contributed by atoms with van der Waals surface area (Å²) in [4.78, 5) is 4.14. The van der Waals surface area contributed by atoms with Gasteiger partial charge in [0.1, 0.15) is 5.82 Å². The predicted molar refractivity (Wildman–Crippen MR) is 41.7 cm³/mol. The molecule has 0 aliphatic heterocycles. The van der Waals surface area contributed by atoms with Crippen LogP contribution < -0.4 is 5.73 Å². The molecule has 0 radical (unpaired) electrons. The van der Waals surface area contributed by atoms with Crippen LogP contribution in [-0.2, 0) is 13.0 Å². The molecule has 0 fully saturated rings. The largest absolute Gasteiger partial charge is 0.384 e. The fourth-order valence-corrected chi connectivity index (χ4v) is 0.958. The van der Waals surface area contributed by atoms with Crippen molar-refractivity contribution in [3.05, 3.63) is 12.0 Å². The molecule has 0 aliphatic carbocycles. The van der Waals surface area contributed by atoms with Crippen molar-refractivity contribution in [1.29, 1.82) is 0 Å². The number of aryl methyl sites for hydroxylation is 2. The van der Waals surface area contributed by atoms with E-state index in [2.05, 4.69) is 18.8 Å². The van der Waals surface area contributed by atoms with E-state index in [1.54, 1.807) is 6.33 Å². The van der Waals surface area contributed by atoms with Gasteiger partial charge in [-0.25, -0.2) is 4.98 Å². The molecule has 0 aromatic carbocycles. The molecule has 1 aromatic rings. The second-order valence-corrected chi connectivity index (χ2v) is 2.22. The number of aromatic nitrogens is 2. The molecule has 0 bridgehead atoms. The van der Waals surface area contributed by atoms with E-state index in [1.807, 2.05) is 4.57 Å². The van der Waals surface area contributed by atoms with Crippen molar-refractivity contribution < 1.29 is 0 Å². The summed E-state index contributed by atoms with van der Waals surface area (Å²) in [7, 11) is 0. The zero-order valence-corrected chi connectivity index (χ0v) is 6.46. The second kappa shape index (κ2) is 2.73. The third-order valence-corrected chi connectivity index (χ3v) is 1.63. The van der Waals surface area contributed by atoms with Crippen LogP contribution in [0.1, 0.15) is 19.5 Å². The van der Waals surface area contributed by atoms with Crippen LogP contribution in [0.3, 0.4) is 0 Å². The van der Waals surface area contributed by atoms with Gasteiger partial charge in [0.2, 0.25) is 0 Å². The number of imidazole rings is 1. The van der Waals surface area contributed by atoms with E-state index in [0.717, 1.165) is 24.5 Å². The first-order chi connectivity index (χ1) is 4.79. The van der Waals surface area contributed by atoms with Gasteiger partial charge in [-0.1, -0.05) is 6.92 Å². The molecule has 1 rings (SSSR count). The molecule has 3 heteroatoms. The maximum atomic E-state index is 5.72. The van der Waals surface area contributed by atoms with Gasteiger partial charge in [0.15, 0.2) is 0 Å². The molecule has 0 unspecified atom stereocenters. The van der Waals surface area contributed by atoms with Crippen molar-refractivity contribution in [2.24, 2.45) is 0 Å². The molecule has 0 saturated heterocycles. The van der Waals surface area contributed by atoms with Crippen molar-refractivity contribution in [3.8, 4) is 0 Å². The Bertz CT molecular complexity index is 193. The highest BCUT2D eigenvalue weighted by molar-refractivity contribution is 5.35. The summed E-state index contributed by atoms with van der Waals surface area (Å²) in [5.74, 6) is 0.810. The maximum absolute atomic E-state index is 5.72. The highest BCUT2D eigenvalue weighted by Crippen LogP contribution is 2.09. The molecule has 56 valence electrons. The summed E-state index contributed by atoms with van der Waals surface area (Å²) in [6, 6.07) is 0. The van der Waals surface area contributed by atoms with Gasteiger partial charge in [-0.2, -0.15) is 0 Å². The second-order valence-electron chi connectivity index (χ2n) is 2.22. The third kappa shape index (κ3) is 0.988. The fraction of sp³-hybridized carbons (Fsp3) is 0.571. The minimum atomic E-state index is 0.810. The minimum absolute atomic E-state index is 0.810. The van der Waals surface area contributed by atoms with Crippen LogP contribution >= 0.6 is 0 Å². The summed E-state index contributed by atoms with van der Waals surface area (Å²) in [5, 5.41) is 0. The Morgan fingerprint density at radius 2 is 2.30 bits per heavy atom. The maximum Gasteiger partial charge on any atom is 0.126 e. The summed E-state index contributed by atoms with van der Waals surface area (Å²) < 4.78 is 1.94. The summed E-state index contributed by atoms with van der Waals surface area (Å²) in [6.45, 7) is 5.01. The zero-order chi connectivity index (χ0) is 7.56. The van der Waals surface area contributed by atoms with E-state index in [1.165, 1.54) is 0 Å². The van der Waals surface area contributed by atoms with Gasteiger partial charge in [-0.3, -0.25) is 0 Å². The summed E-state index contributed by atoms with van der Waals surface area (Å²) in [5.41, 5.74) is 6.73. The Kier molecular flexibility index (Phi) is 1.94. The van der Waals surface area contributed by atoms with Crippen LogP contribution in [0.5, 0.6) is 0 Å². The molecule has 10 heavy (non-hydrogen) atoms. The molecule has 1 aromatic heterocycles. The quantitative estimate of drug-likeness (QED) is 0.665. The number of rotatable bonds is 2. The first-order valence-corrected chi connectivity index (χ1v) is 3.59. The summed E-state index contributed by atoms with van der Waals surface area (Å²) in [6.07, 6.45) is 2.70. The lowest BCUT2D eigenvalue weighted by Gasteiger charge is -1.98. The van der Waals surface area contributed by atoms with Crippen LogP contribution in [0, 0.1) is 0 Å². The first kappa shape index (κ1) is 7.12. The predicted octanol–water partition coefficient (Wildman–Crippen LogP) is 1.05. The van der Waals surface area contributed by atoms with Crippen LogP contribution in [0.15, 0.2) is 6.33 Å². The number of anilines is 1. The Hall–Kier alpha value is -0.990. The van der Waals surface area contributed by atoms with Crippen molar-refractivity contribution in [3.63, 3.8) is 0 Å². The molecule has 0 atom stereocenters. The molecular weight excluding hydrogens is 126 g/mol. The van der Waals surface area contributed by atoms with Crippen molar-refractivity contribution in [1.82, 2.24) is 9.55 Å². The first-order valence-electron chi connectivity index (χ1n) is 3.59. The molecule has 0 amide bonds. The summed E-state index contributed by atoms with van der Waals surface area (Å²) >= 11 is 0. The monoisotopic (exact) mass is 139 g/mol. The minimum Gasteiger partial charge on any atom is -0.384 e. The van der Waals surface area contributed by atoms with Crippen molar-refractivity contribution in [2.75, 3.05) is 5.73 Å². The fourth-order valence-electron chi connectivity index (χ4n) is 0.958.